The Kier molecular flexibility index (Phi) is 3.33. The molecular weight excluding hydrogens is 252 g/mol. The van der Waals surface area contributed by atoms with Crippen molar-refractivity contribution in [1.29, 1.82) is 0 Å². The summed E-state index contributed by atoms with van der Waals surface area (Å²) in [5.74, 6) is -0.103. The number of aromatic amines is 1. The van der Waals surface area contributed by atoms with Crippen LogP contribution >= 0.6 is 0 Å². The van der Waals surface area contributed by atoms with Crippen molar-refractivity contribution in [3.05, 3.63) is 72.8 Å². The number of H-pyrrole nitrogens is 1. The van der Waals surface area contributed by atoms with Crippen LogP contribution in [0.5, 0.6) is 0 Å². The van der Waals surface area contributed by atoms with Gasteiger partial charge in [-0.3, -0.25) is 9.89 Å². The molecule has 20 heavy (non-hydrogen) atoms. The van der Waals surface area contributed by atoms with Crippen LogP contribution < -0.4 is 5.32 Å². The Hall–Kier alpha value is -2.82. The average Bonchev–Trinajstić information content (AvgIpc) is 3.14. The molecule has 1 aromatic carbocycles. The SMILES string of the molecule is O=C(Nc1cn[nH]c1)[C@@H](c1ccccc1)n1cccc1. The van der Waals surface area contributed by atoms with Crippen LogP contribution in [0.15, 0.2) is 67.3 Å². The van der Waals surface area contributed by atoms with Gasteiger partial charge in [0.15, 0.2) is 0 Å². The summed E-state index contributed by atoms with van der Waals surface area (Å²) < 4.78 is 1.88. The summed E-state index contributed by atoms with van der Waals surface area (Å²) in [6, 6.07) is 13.1. The molecule has 0 aliphatic rings. The lowest BCUT2D eigenvalue weighted by Crippen LogP contribution is -2.26. The molecule has 0 aliphatic carbocycles. The van der Waals surface area contributed by atoms with Gasteiger partial charge in [-0.05, 0) is 17.7 Å². The summed E-state index contributed by atoms with van der Waals surface area (Å²) in [6.07, 6.45) is 6.99. The molecule has 3 aromatic rings. The van der Waals surface area contributed by atoms with Gasteiger partial charge in [-0.15, -0.1) is 0 Å². The molecule has 0 aliphatic heterocycles. The second-order valence-corrected chi connectivity index (χ2v) is 4.42. The van der Waals surface area contributed by atoms with Crippen LogP contribution in [0.4, 0.5) is 5.69 Å². The molecule has 1 atom stereocenters. The molecule has 3 rings (SSSR count). The third kappa shape index (κ3) is 2.47. The van der Waals surface area contributed by atoms with E-state index in [0.29, 0.717) is 5.69 Å². The van der Waals surface area contributed by atoms with Crippen molar-refractivity contribution < 1.29 is 4.79 Å². The topological polar surface area (TPSA) is 62.7 Å². The number of carbonyl (C=O) groups excluding carboxylic acids is 1. The largest absolute Gasteiger partial charge is 0.338 e. The van der Waals surface area contributed by atoms with Crippen LogP contribution in [-0.4, -0.2) is 20.7 Å². The first-order valence-corrected chi connectivity index (χ1v) is 6.31. The molecule has 0 radical (unpaired) electrons. The van der Waals surface area contributed by atoms with E-state index < -0.39 is 6.04 Å². The highest BCUT2D eigenvalue weighted by molar-refractivity contribution is 5.95. The fourth-order valence-electron chi connectivity index (χ4n) is 2.14. The number of aromatic nitrogens is 3. The van der Waals surface area contributed by atoms with Gasteiger partial charge in [0.2, 0.25) is 0 Å². The van der Waals surface area contributed by atoms with Gasteiger partial charge in [0, 0.05) is 18.6 Å². The molecule has 5 nitrogen and oxygen atoms in total. The first-order valence-electron chi connectivity index (χ1n) is 6.31. The van der Waals surface area contributed by atoms with Crippen LogP contribution in [0, 0.1) is 0 Å². The van der Waals surface area contributed by atoms with Crippen molar-refractivity contribution >= 4 is 11.6 Å². The van der Waals surface area contributed by atoms with Crippen LogP contribution in [-0.2, 0) is 4.79 Å². The molecule has 0 saturated carbocycles. The maximum Gasteiger partial charge on any atom is 0.252 e. The van der Waals surface area contributed by atoms with E-state index in [2.05, 4.69) is 15.5 Å². The Labute approximate surface area is 116 Å². The van der Waals surface area contributed by atoms with Crippen LogP contribution in [0.25, 0.3) is 0 Å². The Morgan fingerprint density at radius 3 is 2.55 bits per heavy atom. The molecular formula is C15H14N4O. The zero-order valence-corrected chi connectivity index (χ0v) is 10.7. The number of rotatable bonds is 4. The molecule has 2 aromatic heterocycles. The summed E-state index contributed by atoms with van der Waals surface area (Å²) in [6.45, 7) is 0. The number of amides is 1. The molecule has 5 heteroatoms. The molecule has 100 valence electrons. The summed E-state index contributed by atoms with van der Waals surface area (Å²) in [5.41, 5.74) is 1.59. The lowest BCUT2D eigenvalue weighted by molar-refractivity contribution is -0.118. The van der Waals surface area contributed by atoms with E-state index >= 15 is 0 Å². The van der Waals surface area contributed by atoms with E-state index in [4.69, 9.17) is 0 Å². The van der Waals surface area contributed by atoms with Gasteiger partial charge < -0.3 is 9.88 Å². The second kappa shape index (κ2) is 5.44. The number of benzene rings is 1. The number of hydrogen-bond donors (Lipinski definition) is 2. The zero-order valence-electron chi connectivity index (χ0n) is 10.7. The summed E-state index contributed by atoms with van der Waals surface area (Å²) in [7, 11) is 0. The fraction of sp³-hybridized carbons (Fsp3) is 0.0667. The summed E-state index contributed by atoms with van der Waals surface area (Å²) in [5, 5.41) is 9.36. The maximum atomic E-state index is 12.5. The van der Waals surface area contributed by atoms with Crippen molar-refractivity contribution in [2.75, 3.05) is 5.32 Å². The van der Waals surface area contributed by atoms with E-state index in [1.54, 1.807) is 12.4 Å². The zero-order chi connectivity index (χ0) is 13.8. The summed E-state index contributed by atoms with van der Waals surface area (Å²) >= 11 is 0. The normalized spacial score (nSPS) is 12.0. The van der Waals surface area contributed by atoms with Crippen molar-refractivity contribution in [3.8, 4) is 0 Å². The van der Waals surface area contributed by atoms with Gasteiger partial charge in [-0.1, -0.05) is 30.3 Å². The maximum absolute atomic E-state index is 12.5. The molecule has 2 heterocycles. The van der Waals surface area contributed by atoms with Gasteiger partial charge in [0.1, 0.15) is 6.04 Å². The quantitative estimate of drug-likeness (QED) is 0.762. The average molecular weight is 266 g/mol. The van der Waals surface area contributed by atoms with Crippen LogP contribution in [0.2, 0.25) is 0 Å². The van der Waals surface area contributed by atoms with E-state index in [0.717, 1.165) is 5.56 Å². The molecule has 1 amide bonds. The Morgan fingerprint density at radius 1 is 1.15 bits per heavy atom. The van der Waals surface area contributed by atoms with Crippen molar-refractivity contribution in [1.82, 2.24) is 14.8 Å². The number of hydrogen-bond acceptors (Lipinski definition) is 2. The first-order chi connectivity index (χ1) is 9.84. The second-order valence-electron chi connectivity index (χ2n) is 4.42. The third-order valence-electron chi connectivity index (χ3n) is 3.06. The predicted octanol–water partition coefficient (Wildman–Crippen LogP) is 2.44. The van der Waals surface area contributed by atoms with Crippen molar-refractivity contribution in [2.24, 2.45) is 0 Å². The van der Waals surface area contributed by atoms with Crippen molar-refractivity contribution in [2.45, 2.75) is 6.04 Å². The fourth-order valence-corrected chi connectivity index (χ4v) is 2.14. The monoisotopic (exact) mass is 266 g/mol. The lowest BCUT2D eigenvalue weighted by Gasteiger charge is -2.18. The molecule has 2 N–H and O–H groups in total. The van der Waals surface area contributed by atoms with Crippen molar-refractivity contribution in [3.63, 3.8) is 0 Å². The van der Waals surface area contributed by atoms with Gasteiger partial charge >= 0.3 is 0 Å². The van der Waals surface area contributed by atoms with E-state index in [-0.39, 0.29) is 5.91 Å². The molecule has 0 fully saturated rings. The molecule has 0 unspecified atom stereocenters. The molecule has 0 bridgehead atoms. The summed E-state index contributed by atoms with van der Waals surface area (Å²) in [4.78, 5) is 12.5. The standard InChI is InChI=1S/C15H14N4O/c20-15(18-13-10-16-17-11-13)14(19-8-4-5-9-19)12-6-2-1-3-7-12/h1-11,14H,(H,16,17)(H,18,20)/t14-/m1/s1. The minimum atomic E-state index is -0.402. The van der Waals surface area contributed by atoms with Gasteiger partial charge in [-0.25, -0.2) is 0 Å². The van der Waals surface area contributed by atoms with Gasteiger partial charge in [0.05, 0.1) is 11.9 Å². The van der Waals surface area contributed by atoms with Crippen LogP contribution in [0.1, 0.15) is 11.6 Å². The third-order valence-corrected chi connectivity index (χ3v) is 3.06. The minimum absolute atomic E-state index is 0.103. The van der Waals surface area contributed by atoms with E-state index in [1.165, 1.54) is 0 Å². The lowest BCUT2D eigenvalue weighted by atomic mass is 10.1. The Balaban J connectivity index is 1.92. The smallest absolute Gasteiger partial charge is 0.252 e. The Morgan fingerprint density at radius 2 is 1.90 bits per heavy atom. The predicted molar refractivity (Wildman–Crippen MR) is 76.2 cm³/mol. The number of carbonyl (C=O) groups is 1. The highest BCUT2D eigenvalue weighted by atomic mass is 16.2. The Bertz CT molecular complexity index is 659. The van der Waals surface area contributed by atoms with Gasteiger partial charge in [-0.2, -0.15) is 5.10 Å². The first kappa shape index (κ1) is 12.2. The van der Waals surface area contributed by atoms with E-state index in [1.807, 2.05) is 59.4 Å². The van der Waals surface area contributed by atoms with Gasteiger partial charge in [0.25, 0.3) is 5.91 Å². The molecule has 0 spiro atoms. The van der Waals surface area contributed by atoms with Crippen LogP contribution in [0.3, 0.4) is 0 Å². The van der Waals surface area contributed by atoms with E-state index in [9.17, 15) is 4.79 Å². The number of nitrogens with zero attached hydrogens (tertiary/aromatic N) is 2. The highest BCUT2D eigenvalue weighted by Crippen LogP contribution is 2.20. The minimum Gasteiger partial charge on any atom is -0.338 e. The number of nitrogens with one attached hydrogen (secondary N) is 2. The molecule has 0 saturated heterocycles. The highest BCUT2D eigenvalue weighted by Gasteiger charge is 2.21. The number of anilines is 1.